The number of carbonyl (C=O) groups is 1. The zero-order chi connectivity index (χ0) is 11.4. The second-order valence-corrected chi connectivity index (χ2v) is 3.91. The van der Waals surface area contributed by atoms with Gasteiger partial charge in [-0.2, -0.15) is 0 Å². The maximum atomic E-state index is 11.9. The Morgan fingerprint density at radius 2 is 2.17 bits per heavy atom. The van der Waals surface area contributed by atoms with Gasteiger partial charge < -0.3 is 16.4 Å². The smallest absolute Gasteiger partial charge is 0.251 e. The summed E-state index contributed by atoms with van der Waals surface area (Å²) in [6.45, 7) is 1.98. The number of fused-ring (bicyclic) bond motifs is 1. The quantitative estimate of drug-likeness (QED) is 0.792. The van der Waals surface area contributed by atoms with Gasteiger partial charge in [0.2, 0.25) is 0 Å². The minimum Gasteiger partial charge on any atom is -0.385 e. The molecule has 0 saturated heterocycles. The fourth-order valence-electron chi connectivity index (χ4n) is 2.00. The first kappa shape index (κ1) is 17.0. The van der Waals surface area contributed by atoms with Crippen molar-refractivity contribution in [3.05, 3.63) is 29.3 Å². The van der Waals surface area contributed by atoms with Crippen LogP contribution in [0.2, 0.25) is 0 Å². The summed E-state index contributed by atoms with van der Waals surface area (Å²) < 4.78 is 0. The fourth-order valence-corrected chi connectivity index (χ4v) is 2.00. The second-order valence-electron chi connectivity index (χ2n) is 3.91. The Kier molecular flexibility index (Phi) is 7.75. The Morgan fingerprint density at radius 3 is 2.89 bits per heavy atom. The lowest BCUT2D eigenvalue weighted by atomic mass is 9.97. The molecule has 0 fully saturated rings. The SMILES string of the molecule is Cl.Cl.NCCNC(=O)c1cccc2c1CCCN2. The number of carbonyl (C=O) groups excluding carboxylic acids is 1. The summed E-state index contributed by atoms with van der Waals surface area (Å²) in [5, 5.41) is 6.12. The van der Waals surface area contributed by atoms with Crippen LogP contribution < -0.4 is 16.4 Å². The third-order valence-corrected chi connectivity index (χ3v) is 2.77. The molecule has 1 aliphatic rings. The van der Waals surface area contributed by atoms with E-state index < -0.39 is 0 Å². The highest BCUT2D eigenvalue weighted by molar-refractivity contribution is 5.97. The van der Waals surface area contributed by atoms with Crippen molar-refractivity contribution < 1.29 is 4.79 Å². The molecule has 18 heavy (non-hydrogen) atoms. The van der Waals surface area contributed by atoms with Crippen LogP contribution in [0.15, 0.2) is 18.2 Å². The van der Waals surface area contributed by atoms with Gasteiger partial charge in [0, 0.05) is 30.9 Å². The summed E-state index contributed by atoms with van der Waals surface area (Å²) in [6, 6.07) is 5.81. The summed E-state index contributed by atoms with van der Waals surface area (Å²) in [6.07, 6.45) is 2.04. The van der Waals surface area contributed by atoms with Crippen molar-refractivity contribution in [2.45, 2.75) is 12.8 Å². The molecule has 102 valence electrons. The van der Waals surface area contributed by atoms with Crippen molar-refractivity contribution in [3.63, 3.8) is 0 Å². The minimum atomic E-state index is -0.0222. The van der Waals surface area contributed by atoms with E-state index in [1.165, 1.54) is 0 Å². The Balaban J connectivity index is 0.00000144. The van der Waals surface area contributed by atoms with Crippen molar-refractivity contribution in [1.82, 2.24) is 5.32 Å². The lowest BCUT2D eigenvalue weighted by molar-refractivity contribution is 0.0954. The highest BCUT2D eigenvalue weighted by Crippen LogP contribution is 2.25. The third-order valence-electron chi connectivity index (χ3n) is 2.77. The number of halogens is 2. The van der Waals surface area contributed by atoms with Gasteiger partial charge in [-0.3, -0.25) is 4.79 Å². The lowest BCUT2D eigenvalue weighted by Crippen LogP contribution is -2.30. The number of benzene rings is 1. The second kappa shape index (κ2) is 8.19. The van der Waals surface area contributed by atoms with Crippen LogP contribution in [0.4, 0.5) is 5.69 Å². The minimum absolute atomic E-state index is 0. The standard InChI is InChI=1S/C12H17N3O.2ClH/c13-6-8-15-12(16)10-3-1-5-11-9(10)4-2-7-14-11;;/h1,3,5,14H,2,4,6-8,13H2,(H,15,16);2*1H. The predicted octanol–water partition coefficient (Wildman–Crippen LogP) is 1.58. The average Bonchev–Trinajstić information content (AvgIpc) is 2.35. The van der Waals surface area contributed by atoms with Gasteiger partial charge in [0.05, 0.1) is 0 Å². The highest BCUT2D eigenvalue weighted by atomic mass is 35.5. The molecule has 0 radical (unpaired) electrons. The van der Waals surface area contributed by atoms with E-state index in [4.69, 9.17) is 5.73 Å². The van der Waals surface area contributed by atoms with Gasteiger partial charge in [-0.05, 0) is 30.5 Å². The van der Waals surface area contributed by atoms with Gasteiger partial charge in [-0.25, -0.2) is 0 Å². The molecule has 0 spiro atoms. The van der Waals surface area contributed by atoms with Crippen molar-refractivity contribution in [1.29, 1.82) is 0 Å². The van der Waals surface area contributed by atoms with Crippen LogP contribution in [0.1, 0.15) is 22.3 Å². The topological polar surface area (TPSA) is 67.1 Å². The van der Waals surface area contributed by atoms with E-state index in [1.54, 1.807) is 0 Å². The van der Waals surface area contributed by atoms with E-state index in [2.05, 4.69) is 10.6 Å². The molecule has 1 heterocycles. The van der Waals surface area contributed by atoms with Crippen molar-refractivity contribution in [2.24, 2.45) is 5.73 Å². The molecule has 0 atom stereocenters. The molecule has 1 aromatic carbocycles. The van der Waals surface area contributed by atoms with E-state index in [-0.39, 0.29) is 30.7 Å². The molecular weight excluding hydrogens is 273 g/mol. The van der Waals surface area contributed by atoms with E-state index >= 15 is 0 Å². The molecule has 4 nitrogen and oxygen atoms in total. The lowest BCUT2D eigenvalue weighted by Gasteiger charge is -2.20. The molecule has 0 unspecified atom stereocenters. The zero-order valence-electron chi connectivity index (χ0n) is 10.1. The van der Waals surface area contributed by atoms with Crippen LogP contribution in [0, 0.1) is 0 Å². The van der Waals surface area contributed by atoms with Crippen molar-refractivity contribution in [2.75, 3.05) is 25.0 Å². The van der Waals surface area contributed by atoms with Gasteiger partial charge >= 0.3 is 0 Å². The first-order valence-electron chi connectivity index (χ1n) is 5.67. The van der Waals surface area contributed by atoms with Crippen LogP contribution in [-0.4, -0.2) is 25.5 Å². The summed E-state index contributed by atoms with van der Waals surface area (Å²) in [5.74, 6) is -0.0222. The van der Waals surface area contributed by atoms with Gasteiger partial charge in [0.25, 0.3) is 5.91 Å². The largest absolute Gasteiger partial charge is 0.385 e. The maximum Gasteiger partial charge on any atom is 0.251 e. The normalized spacial score (nSPS) is 12.3. The monoisotopic (exact) mass is 291 g/mol. The van der Waals surface area contributed by atoms with Crippen LogP contribution >= 0.6 is 24.8 Å². The Hall–Kier alpha value is -0.970. The number of nitrogens with two attached hydrogens (primary N) is 1. The first-order chi connectivity index (χ1) is 7.83. The van der Waals surface area contributed by atoms with Crippen LogP contribution in [0.5, 0.6) is 0 Å². The average molecular weight is 292 g/mol. The predicted molar refractivity (Wildman–Crippen MR) is 79.1 cm³/mol. The number of rotatable bonds is 3. The maximum absolute atomic E-state index is 11.9. The first-order valence-corrected chi connectivity index (χ1v) is 5.67. The molecular formula is C12H19Cl2N3O. The van der Waals surface area contributed by atoms with E-state index in [9.17, 15) is 4.79 Å². The number of hydrogen-bond acceptors (Lipinski definition) is 3. The highest BCUT2D eigenvalue weighted by Gasteiger charge is 2.16. The molecule has 6 heteroatoms. The summed E-state index contributed by atoms with van der Waals surface area (Å²) >= 11 is 0. The molecule has 1 aromatic rings. The van der Waals surface area contributed by atoms with E-state index in [0.717, 1.165) is 36.2 Å². The molecule has 0 aliphatic carbocycles. The molecule has 4 N–H and O–H groups in total. The zero-order valence-corrected chi connectivity index (χ0v) is 11.7. The molecule has 1 amide bonds. The Labute approximate surface area is 120 Å². The molecule has 0 saturated carbocycles. The third kappa shape index (κ3) is 3.77. The molecule has 0 aromatic heterocycles. The van der Waals surface area contributed by atoms with Gasteiger partial charge in [0.15, 0.2) is 0 Å². The number of hydrogen-bond donors (Lipinski definition) is 3. The van der Waals surface area contributed by atoms with E-state index in [1.807, 2.05) is 18.2 Å². The van der Waals surface area contributed by atoms with Gasteiger partial charge in [-0.15, -0.1) is 24.8 Å². The van der Waals surface area contributed by atoms with Crippen molar-refractivity contribution >= 4 is 36.4 Å². The fraction of sp³-hybridized carbons (Fsp3) is 0.417. The van der Waals surface area contributed by atoms with E-state index in [0.29, 0.717) is 13.1 Å². The summed E-state index contributed by atoms with van der Waals surface area (Å²) in [7, 11) is 0. The summed E-state index contributed by atoms with van der Waals surface area (Å²) in [5.41, 5.74) is 8.36. The summed E-state index contributed by atoms with van der Waals surface area (Å²) in [4.78, 5) is 11.9. The molecule has 2 rings (SSSR count). The van der Waals surface area contributed by atoms with Gasteiger partial charge in [-0.1, -0.05) is 6.07 Å². The van der Waals surface area contributed by atoms with Crippen LogP contribution in [-0.2, 0) is 6.42 Å². The number of amides is 1. The number of anilines is 1. The Morgan fingerprint density at radius 1 is 1.39 bits per heavy atom. The number of nitrogens with one attached hydrogen (secondary N) is 2. The Bertz CT molecular complexity index is 399. The van der Waals surface area contributed by atoms with Gasteiger partial charge in [0.1, 0.15) is 0 Å². The molecule has 1 aliphatic heterocycles. The van der Waals surface area contributed by atoms with Crippen LogP contribution in [0.3, 0.4) is 0 Å². The van der Waals surface area contributed by atoms with Crippen molar-refractivity contribution in [3.8, 4) is 0 Å². The van der Waals surface area contributed by atoms with Crippen LogP contribution in [0.25, 0.3) is 0 Å². The molecule has 0 bridgehead atoms.